The zero-order valence-corrected chi connectivity index (χ0v) is 16.5. The largest absolute Gasteiger partial charge is 0.416 e. The van der Waals surface area contributed by atoms with E-state index in [-0.39, 0.29) is 0 Å². The molecule has 0 heterocycles. The van der Waals surface area contributed by atoms with Crippen molar-refractivity contribution in [2.75, 3.05) is 0 Å². The van der Waals surface area contributed by atoms with Gasteiger partial charge in [0.25, 0.3) is 0 Å². The fourth-order valence-electron chi connectivity index (χ4n) is 3.14. The molecule has 0 amide bonds. The lowest BCUT2D eigenvalue weighted by Crippen LogP contribution is -2.24. The van der Waals surface area contributed by atoms with E-state index < -0.39 is 31.4 Å². The maximum Gasteiger partial charge on any atom is 0.416 e. The fourth-order valence-corrected chi connectivity index (χ4v) is 5.70. The molecule has 0 spiro atoms. The second-order valence-electron chi connectivity index (χ2n) is 6.78. The van der Waals surface area contributed by atoms with Gasteiger partial charge >= 0.3 is 12.4 Å². The quantitative estimate of drug-likeness (QED) is 0.351. The third-order valence-corrected chi connectivity index (χ3v) is 6.67. The molecule has 0 aliphatic carbocycles. The molecule has 3 aromatic carbocycles. The van der Waals surface area contributed by atoms with Crippen LogP contribution in [0.25, 0.3) is 0 Å². The maximum absolute atomic E-state index is 13.4. The van der Waals surface area contributed by atoms with Crippen LogP contribution in [0.3, 0.4) is 0 Å². The van der Waals surface area contributed by atoms with E-state index in [1.807, 2.05) is 0 Å². The van der Waals surface area contributed by atoms with Crippen LogP contribution in [0.5, 0.6) is 0 Å². The number of benzene rings is 3. The zero-order valence-electron chi connectivity index (χ0n) is 15.6. The molecule has 0 unspecified atom stereocenters. The van der Waals surface area contributed by atoms with Crippen LogP contribution in [0.2, 0.25) is 0 Å². The highest BCUT2D eigenvalue weighted by atomic mass is 31.1. The van der Waals surface area contributed by atoms with Gasteiger partial charge in [-0.15, -0.1) is 0 Å². The predicted molar refractivity (Wildman–Crippen MR) is 105 cm³/mol. The summed E-state index contributed by atoms with van der Waals surface area (Å²) in [6.45, 7) is 3.10. The smallest absolute Gasteiger partial charge is 0.166 e. The van der Waals surface area contributed by atoms with Crippen LogP contribution < -0.4 is 15.9 Å². The lowest BCUT2D eigenvalue weighted by molar-refractivity contribution is -0.138. The third kappa shape index (κ3) is 4.99. The average Bonchev–Trinajstić information content (AvgIpc) is 2.60. The van der Waals surface area contributed by atoms with Gasteiger partial charge in [-0.1, -0.05) is 42.5 Å². The van der Waals surface area contributed by atoms with E-state index in [1.54, 1.807) is 56.3 Å². The number of aryl methyl sites for hydroxylation is 2. The summed E-state index contributed by atoms with van der Waals surface area (Å²) in [4.78, 5) is 0. The molecule has 7 heteroatoms. The summed E-state index contributed by atoms with van der Waals surface area (Å²) in [6.07, 6.45) is -9.08. The van der Waals surface area contributed by atoms with Gasteiger partial charge in [0.05, 0.1) is 11.1 Å². The molecule has 3 rings (SSSR count). The van der Waals surface area contributed by atoms with E-state index in [1.165, 1.54) is 0 Å². The van der Waals surface area contributed by atoms with Crippen LogP contribution in [0.15, 0.2) is 66.7 Å². The summed E-state index contributed by atoms with van der Waals surface area (Å²) >= 11 is 0. The Bertz CT molecular complexity index is 943. The molecule has 152 valence electrons. The first-order chi connectivity index (χ1) is 13.4. The van der Waals surface area contributed by atoms with Gasteiger partial charge in [-0.2, -0.15) is 26.3 Å². The third-order valence-electron chi connectivity index (χ3n) is 4.31. The Morgan fingerprint density at radius 3 is 1.34 bits per heavy atom. The van der Waals surface area contributed by atoms with Crippen molar-refractivity contribution in [3.05, 3.63) is 89.0 Å². The van der Waals surface area contributed by atoms with E-state index in [0.717, 1.165) is 24.3 Å². The molecular weight excluding hydrogens is 409 g/mol. The van der Waals surface area contributed by atoms with Gasteiger partial charge in [-0.05, 0) is 73.1 Å². The Balaban J connectivity index is 2.27. The molecule has 0 saturated carbocycles. The summed E-state index contributed by atoms with van der Waals surface area (Å²) in [5, 5.41) is 1.40. The van der Waals surface area contributed by atoms with Crippen molar-refractivity contribution in [2.24, 2.45) is 0 Å². The zero-order chi connectivity index (χ0) is 21.4. The monoisotopic (exact) mass is 426 g/mol. The molecule has 0 fully saturated rings. The van der Waals surface area contributed by atoms with Gasteiger partial charge in [-0.25, -0.2) is 0 Å². The molecule has 3 aromatic rings. The Morgan fingerprint density at radius 2 is 0.966 bits per heavy atom. The number of hydrogen-bond donors (Lipinski definition) is 0. The van der Waals surface area contributed by atoms with Crippen molar-refractivity contribution >= 4 is 23.8 Å². The molecule has 29 heavy (non-hydrogen) atoms. The molecule has 0 bridgehead atoms. The normalized spacial score (nSPS) is 12.4. The van der Waals surface area contributed by atoms with Crippen molar-refractivity contribution in [3.8, 4) is 0 Å². The maximum atomic E-state index is 13.4. The van der Waals surface area contributed by atoms with Crippen molar-refractivity contribution in [1.29, 1.82) is 0 Å². The van der Waals surface area contributed by atoms with Crippen LogP contribution in [0.4, 0.5) is 26.3 Å². The van der Waals surface area contributed by atoms with E-state index in [4.69, 9.17) is 0 Å². The average molecular weight is 426 g/mol. The van der Waals surface area contributed by atoms with Crippen molar-refractivity contribution in [3.63, 3.8) is 0 Å². The predicted octanol–water partition coefficient (Wildman–Crippen LogP) is 6.10. The van der Waals surface area contributed by atoms with Crippen LogP contribution in [-0.2, 0) is 12.4 Å². The second kappa shape index (κ2) is 7.83. The van der Waals surface area contributed by atoms with Gasteiger partial charge in [0.1, 0.15) is 0 Å². The first-order valence-corrected chi connectivity index (χ1v) is 10.0. The van der Waals surface area contributed by atoms with Gasteiger partial charge in [0, 0.05) is 0 Å². The van der Waals surface area contributed by atoms with Crippen molar-refractivity contribution in [1.82, 2.24) is 0 Å². The van der Waals surface area contributed by atoms with E-state index in [0.29, 0.717) is 27.0 Å². The second-order valence-corrected chi connectivity index (χ2v) is 9.00. The summed E-state index contributed by atoms with van der Waals surface area (Å²) in [7, 11) is -1.61. The molecule has 0 aromatic heterocycles. The summed E-state index contributed by atoms with van der Waals surface area (Å²) in [6, 6.07) is 16.1. The van der Waals surface area contributed by atoms with Crippen molar-refractivity contribution in [2.45, 2.75) is 26.2 Å². The Hall–Kier alpha value is -2.33. The van der Waals surface area contributed by atoms with Crippen LogP contribution >= 0.6 is 7.92 Å². The molecular formula is C22H17F6P. The highest BCUT2D eigenvalue weighted by Gasteiger charge is 2.34. The summed E-state index contributed by atoms with van der Waals surface area (Å²) in [5.74, 6) is 0. The standard InChI is InChI=1S/C22H17F6P/c1-14-8-16(21(23,24)25)12-19(10-14)29(18-6-4-3-5-7-18)20-11-15(2)9-17(13-20)22(26,27)28/h3-13H,1-2H3. The highest BCUT2D eigenvalue weighted by Crippen LogP contribution is 2.38. The molecule has 0 saturated heterocycles. The van der Waals surface area contributed by atoms with E-state index >= 15 is 0 Å². The summed E-state index contributed by atoms with van der Waals surface area (Å²) < 4.78 is 80.2. The van der Waals surface area contributed by atoms with Gasteiger partial charge in [0.15, 0.2) is 0 Å². The molecule has 0 radical (unpaired) electrons. The van der Waals surface area contributed by atoms with Crippen LogP contribution in [0.1, 0.15) is 22.3 Å². The molecule has 0 nitrogen and oxygen atoms in total. The lowest BCUT2D eigenvalue weighted by atomic mass is 10.1. The Kier molecular flexibility index (Phi) is 5.77. The SMILES string of the molecule is Cc1cc(P(c2ccccc2)c2cc(C)cc(C(F)(F)F)c2)cc(C(F)(F)F)c1. The minimum Gasteiger partial charge on any atom is -0.166 e. The number of rotatable bonds is 3. The van der Waals surface area contributed by atoms with Crippen LogP contribution in [0, 0.1) is 13.8 Å². The Labute approximate surface area is 165 Å². The minimum atomic E-state index is -4.54. The molecule has 0 aliphatic heterocycles. The van der Waals surface area contributed by atoms with E-state index in [9.17, 15) is 26.3 Å². The highest BCUT2D eigenvalue weighted by molar-refractivity contribution is 7.79. The van der Waals surface area contributed by atoms with Gasteiger partial charge < -0.3 is 0 Å². The summed E-state index contributed by atoms with van der Waals surface area (Å²) in [5.41, 5.74) is -0.803. The molecule has 0 aliphatic rings. The lowest BCUT2D eigenvalue weighted by Gasteiger charge is -2.23. The first kappa shape index (κ1) is 21.4. The van der Waals surface area contributed by atoms with Gasteiger partial charge in [0.2, 0.25) is 0 Å². The topological polar surface area (TPSA) is 0 Å². The van der Waals surface area contributed by atoms with E-state index in [2.05, 4.69) is 0 Å². The molecule has 0 N–H and O–H groups in total. The number of halogens is 6. The molecule has 0 atom stereocenters. The van der Waals surface area contributed by atoms with Gasteiger partial charge in [-0.3, -0.25) is 0 Å². The Morgan fingerprint density at radius 1 is 0.552 bits per heavy atom. The van der Waals surface area contributed by atoms with Crippen molar-refractivity contribution < 1.29 is 26.3 Å². The fraction of sp³-hybridized carbons (Fsp3) is 0.182. The van der Waals surface area contributed by atoms with Crippen LogP contribution in [-0.4, -0.2) is 0 Å². The minimum absolute atomic E-state index is 0.359. The number of alkyl halides is 6. The first-order valence-electron chi connectivity index (χ1n) is 8.68. The number of hydrogen-bond acceptors (Lipinski definition) is 0.